The lowest BCUT2D eigenvalue weighted by Crippen LogP contribution is -2.07. The van der Waals surface area contributed by atoms with Gasteiger partial charge in [-0.1, -0.05) is 42.1 Å². The van der Waals surface area contributed by atoms with Crippen molar-refractivity contribution in [3.05, 3.63) is 71.0 Å². The molecule has 0 saturated heterocycles. The number of rotatable bonds is 6. The van der Waals surface area contributed by atoms with Gasteiger partial charge in [-0.25, -0.2) is 0 Å². The van der Waals surface area contributed by atoms with Crippen LogP contribution in [-0.2, 0) is 13.0 Å². The molecule has 3 aromatic rings. The van der Waals surface area contributed by atoms with E-state index in [0.717, 1.165) is 34.3 Å². The monoisotopic (exact) mass is 365 g/mol. The number of carbonyl (C=O) groups is 1. The van der Waals surface area contributed by atoms with E-state index in [-0.39, 0.29) is 5.78 Å². The van der Waals surface area contributed by atoms with E-state index >= 15 is 0 Å². The van der Waals surface area contributed by atoms with Gasteiger partial charge in [-0.2, -0.15) is 0 Å². The van der Waals surface area contributed by atoms with Gasteiger partial charge in [0.05, 0.1) is 18.9 Å². The summed E-state index contributed by atoms with van der Waals surface area (Å²) in [7, 11) is 0. The predicted molar refractivity (Wildman–Crippen MR) is 101 cm³/mol. The molecule has 6 heteroatoms. The second-order valence-corrected chi connectivity index (χ2v) is 7.18. The van der Waals surface area contributed by atoms with E-state index in [9.17, 15) is 4.79 Å². The van der Waals surface area contributed by atoms with Gasteiger partial charge in [0, 0.05) is 12.0 Å². The summed E-state index contributed by atoms with van der Waals surface area (Å²) in [5, 5.41) is 9.18. The van der Waals surface area contributed by atoms with Gasteiger partial charge < -0.3 is 9.30 Å². The summed E-state index contributed by atoms with van der Waals surface area (Å²) in [5.41, 5.74) is 3.03. The fourth-order valence-corrected chi connectivity index (χ4v) is 3.87. The predicted octanol–water partition coefficient (Wildman–Crippen LogP) is 3.54. The number of thioether (sulfide) groups is 1. The molecule has 5 nitrogen and oxygen atoms in total. The third-order valence-corrected chi connectivity index (χ3v) is 5.40. The van der Waals surface area contributed by atoms with Gasteiger partial charge in [0.2, 0.25) is 0 Å². The van der Waals surface area contributed by atoms with Gasteiger partial charge in [-0.15, -0.1) is 10.2 Å². The normalized spacial score (nSPS) is 12.7. The van der Waals surface area contributed by atoms with Crippen molar-refractivity contribution >= 4 is 17.5 Å². The number of aromatic nitrogens is 3. The Hall–Kier alpha value is -2.60. The fourth-order valence-electron chi connectivity index (χ4n) is 2.99. The molecule has 0 atom stereocenters. The van der Waals surface area contributed by atoms with E-state index < -0.39 is 0 Å². The SMILES string of the molecule is Cc1nnc(SCC(=O)c2ccc3c(c2)CCO3)n1Cc1ccccc1. The van der Waals surface area contributed by atoms with E-state index in [1.807, 2.05) is 47.9 Å². The Morgan fingerprint density at radius 1 is 1.19 bits per heavy atom. The van der Waals surface area contributed by atoms with Crippen LogP contribution in [0.1, 0.15) is 27.3 Å². The van der Waals surface area contributed by atoms with Crippen LogP contribution in [0, 0.1) is 6.92 Å². The van der Waals surface area contributed by atoms with Gasteiger partial charge in [0.1, 0.15) is 11.6 Å². The Bertz CT molecular complexity index is 937. The second kappa shape index (κ2) is 7.33. The van der Waals surface area contributed by atoms with Crippen molar-refractivity contribution in [1.29, 1.82) is 0 Å². The zero-order valence-corrected chi connectivity index (χ0v) is 15.3. The first-order valence-electron chi connectivity index (χ1n) is 8.56. The van der Waals surface area contributed by atoms with Crippen molar-refractivity contribution in [3.8, 4) is 5.75 Å². The van der Waals surface area contributed by atoms with Crippen LogP contribution < -0.4 is 4.74 Å². The number of carbonyl (C=O) groups excluding carboxylic acids is 1. The molecule has 0 aliphatic carbocycles. The Morgan fingerprint density at radius 2 is 2.04 bits per heavy atom. The maximum absolute atomic E-state index is 12.6. The van der Waals surface area contributed by atoms with E-state index in [2.05, 4.69) is 22.3 Å². The highest BCUT2D eigenvalue weighted by Gasteiger charge is 2.17. The van der Waals surface area contributed by atoms with E-state index in [1.54, 1.807) is 0 Å². The number of hydrogen-bond donors (Lipinski definition) is 0. The van der Waals surface area contributed by atoms with E-state index in [0.29, 0.717) is 18.9 Å². The molecule has 0 bridgehead atoms. The summed E-state index contributed by atoms with van der Waals surface area (Å²) in [6.45, 7) is 3.33. The first-order chi connectivity index (χ1) is 12.7. The summed E-state index contributed by atoms with van der Waals surface area (Å²) >= 11 is 1.43. The van der Waals surface area contributed by atoms with Gasteiger partial charge in [-0.3, -0.25) is 4.79 Å². The first-order valence-corrected chi connectivity index (χ1v) is 9.55. The molecule has 0 saturated carbocycles. The molecule has 2 heterocycles. The lowest BCUT2D eigenvalue weighted by atomic mass is 10.1. The molecule has 0 radical (unpaired) electrons. The van der Waals surface area contributed by atoms with Gasteiger partial charge >= 0.3 is 0 Å². The van der Waals surface area contributed by atoms with Crippen LogP contribution in [0.25, 0.3) is 0 Å². The number of benzene rings is 2. The molecule has 0 spiro atoms. The van der Waals surface area contributed by atoms with Crippen molar-refractivity contribution < 1.29 is 9.53 Å². The summed E-state index contributed by atoms with van der Waals surface area (Å²) in [6.07, 6.45) is 0.869. The number of hydrogen-bond acceptors (Lipinski definition) is 5. The van der Waals surface area contributed by atoms with Crippen molar-refractivity contribution in [2.24, 2.45) is 0 Å². The molecule has 26 heavy (non-hydrogen) atoms. The second-order valence-electron chi connectivity index (χ2n) is 6.23. The largest absolute Gasteiger partial charge is 0.493 e. The van der Waals surface area contributed by atoms with Gasteiger partial charge in [-0.05, 0) is 36.2 Å². The molecular weight excluding hydrogens is 346 g/mol. The van der Waals surface area contributed by atoms with Crippen molar-refractivity contribution in [2.75, 3.05) is 12.4 Å². The molecule has 0 unspecified atom stereocenters. The molecular formula is C20H19N3O2S. The van der Waals surface area contributed by atoms with Crippen LogP contribution in [0.15, 0.2) is 53.7 Å². The average molecular weight is 365 g/mol. The molecule has 1 aromatic heterocycles. The molecule has 0 N–H and O–H groups in total. The Balaban J connectivity index is 1.46. The maximum Gasteiger partial charge on any atom is 0.191 e. The molecule has 2 aromatic carbocycles. The number of fused-ring (bicyclic) bond motifs is 1. The Morgan fingerprint density at radius 3 is 2.88 bits per heavy atom. The lowest BCUT2D eigenvalue weighted by molar-refractivity contribution is 0.102. The van der Waals surface area contributed by atoms with Crippen LogP contribution in [0.2, 0.25) is 0 Å². The minimum atomic E-state index is 0.0941. The highest BCUT2D eigenvalue weighted by molar-refractivity contribution is 7.99. The van der Waals surface area contributed by atoms with Gasteiger partial charge in [0.25, 0.3) is 0 Å². The van der Waals surface area contributed by atoms with Crippen molar-refractivity contribution in [2.45, 2.75) is 25.0 Å². The summed E-state index contributed by atoms with van der Waals surface area (Å²) in [5.74, 6) is 2.18. The van der Waals surface area contributed by atoms with Crippen LogP contribution in [-0.4, -0.2) is 32.9 Å². The molecule has 132 valence electrons. The number of nitrogens with zero attached hydrogens (tertiary/aromatic N) is 3. The highest BCUT2D eigenvalue weighted by atomic mass is 32.2. The van der Waals surface area contributed by atoms with Gasteiger partial charge in [0.15, 0.2) is 10.9 Å². The molecule has 0 fully saturated rings. The maximum atomic E-state index is 12.6. The summed E-state index contributed by atoms with van der Waals surface area (Å²) < 4.78 is 7.54. The highest BCUT2D eigenvalue weighted by Crippen LogP contribution is 2.27. The van der Waals surface area contributed by atoms with Crippen molar-refractivity contribution in [3.63, 3.8) is 0 Å². The summed E-state index contributed by atoms with van der Waals surface area (Å²) in [6, 6.07) is 15.9. The third-order valence-electron chi connectivity index (χ3n) is 4.43. The number of aryl methyl sites for hydroxylation is 1. The third kappa shape index (κ3) is 3.51. The van der Waals surface area contributed by atoms with E-state index in [1.165, 1.54) is 17.3 Å². The van der Waals surface area contributed by atoms with Crippen LogP contribution in [0.5, 0.6) is 5.75 Å². The Labute approximate surface area is 156 Å². The quantitative estimate of drug-likeness (QED) is 0.494. The van der Waals surface area contributed by atoms with Crippen LogP contribution in [0.4, 0.5) is 0 Å². The van der Waals surface area contributed by atoms with E-state index in [4.69, 9.17) is 4.74 Å². The average Bonchev–Trinajstić information content (AvgIpc) is 3.27. The summed E-state index contributed by atoms with van der Waals surface area (Å²) in [4.78, 5) is 12.6. The topological polar surface area (TPSA) is 57.0 Å². The smallest absolute Gasteiger partial charge is 0.191 e. The Kier molecular flexibility index (Phi) is 4.75. The standard InChI is InChI=1S/C20H19N3O2S/c1-14-21-22-20(23(14)12-15-5-3-2-4-6-15)26-13-18(24)16-7-8-19-17(11-16)9-10-25-19/h2-8,11H,9-10,12-13H2,1H3. The first kappa shape index (κ1) is 16.8. The molecule has 0 amide bonds. The number of ketones is 1. The van der Waals surface area contributed by atoms with Crippen LogP contribution >= 0.6 is 11.8 Å². The number of Topliss-reactive ketones (excluding diaryl/α,β-unsaturated/α-hetero) is 1. The zero-order chi connectivity index (χ0) is 17.9. The number of ether oxygens (including phenoxy) is 1. The minimum absolute atomic E-state index is 0.0941. The minimum Gasteiger partial charge on any atom is -0.493 e. The molecule has 4 rings (SSSR count). The fraction of sp³-hybridized carbons (Fsp3) is 0.250. The van der Waals surface area contributed by atoms with Crippen molar-refractivity contribution in [1.82, 2.24) is 14.8 Å². The van der Waals surface area contributed by atoms with Crippen LogP contribution in [0.3, 0.4) is 0 Å². The molecule has 1 aliphatic rings. The lowest BCUT2D eigenvalue weighted by Gasteiger charge is -2.08. The molecule has 1 aliphatic heterocycles. The zero-order valence-electron chi connectivity index (χ0n) is 14.5.